The van der Waals surface area contributed by atoms with Gasteiger partial charge in [0.1, 0.15) is 5.39 Å². The van der Waals surface area contributed by atoms with E-state index in [1.807, 2.05) is 0 Å². The molecule has 3 heterocycles. The van der Waals surface area contributed by atoms with Gasteiger partial charge >= 0.3 is 6.09 Å². The first kappa shape index (κ1) is 24.3. The molecule has 0 spiro atoms. The molecule has 0 atom stereocenters. The molecule has 184 valence electrons. The molecule has 1 aromatic carbocycles. The maximum absolute atomic E-state index is 12.8. The summed E-state index contributed by atoms with van der Waals surface area (Å²) in [5.74, 6) is 0.263. The molecular formula is C23H26N6O5S. The number of aromatic amines is 1. The van der Waals surface area contributed by atoms with Gasteiger partial charge in [-0.2, -0.15) is 10.4 Å². The van der Waals surface area contributed by atoms with E-state index >= 15 is 0 Å². The van der Waals surface area contributed by atoms with E-state index in [1.54, 1.807) is 36.7 Å². The molecule has 1 amide bonds. The Morgan fingerprint density at radius 2 is 1.91 bits per heavy atom. The van der Waals surface area contributed by atoms with E-state index in [1.165, 1.54) is 23.2 Å². The molecule has 0 saturated carbocycles. The van der Waals surface area contributed by atoms with Crippen LogP contribution in [0.3, 0.4) is 0 Å². The normalized spacial score (nSPS) is 15.8. The predicted octanol–water partition coefficient (Wildman–Crippen LogP) is 3.03. The molecular weight excluding hydrogens is 472 g/mol. The first-order valence-electron chi connectivity index (χ1n) is 11.2. The molecule has 0 unspecified atom stereocenters. The molecule has 11 nitrogen and oxygen atoms in total. The highest BCUT2D eigenvalue weighted by molar-refractivity contribution is 7.92. The Kier molecular flexibility index (Phi) is 6.29. The standard InChI is InChI=1S/C23H26N6O5S/c1-15(2)35(33,34)17-5-3-16(4-6-17)26-20-19-18(7-12-25-21(19)30)29(27-20)23(8-11-24)9-13-28(14-10-23)22(31)32/h3-7,12,15H,8-10,13-14H2,1-2H3,(H,25,30)(H,26,27)(H,31,32). The Balaban J connectivity index is 1.75. The van der Waals surface area contributed by atoms with Crippen LogP contribution in [0, 0.1) is 11.3 Å². The number of nitrogens with zero attached hydrogens (tertiary/aromatic N) is 4. The van der Waals surface area contributed by atoms with Gasteiger partial charge in [-0.1, -0.05) is 0 Å². The molecule has 0 radical (unpaired) electrons. The lowest BCUT2D eigenvalue weighted by molar-refractivity contribution is 0.0912. The quantitative estimate of drug-likeness (QED) is 0.467. The number of sulfone groups is 1. The van der Waals surface area contributed by atoms with E-state index in [0.29, 0.717) is 29.4 Å². The number of hydrogen-bond acceptors (Lipinski definition) is 7. The highest BCUT2D eigenvalue weighted by atomic mass is 32.2. The van der Waals surface area contributed by atoms with Crippen LogP contribution in [0.15, 0.2) is 46.2 Å². The number of H-pyrrole nitrogens is 1. The highest BCUT2D eigenvalue weighted by Crippen LogP contribution is 2.37. The van der Waals surface area contributed by atoms with Gasteiger partial charge in [0.25, 0.3) is 5.56 Å². The number of likely N-dealkylation sites (tertiary alicyclic amines) is 1. The molecule has 3 aromatic rings. The number of carboxylic acid groups (broad SMARTS) is 1. The number of nitrogens with one attached hydrogen (secondary N) is 2. The fourth-order valence-corrected chi connectivity index (χ4v) is 5.45. The van der Waals surface area contributed by atoms with Crippen LogP contribution in [-0.2, 0) is 15.4 Å². The second-order valence-electron chi connectivity index (χ2n) is 8.90. The fraction of sp³-hybridized carbons (Fsp3) is 0.391. The van der Waals surface area contributed by atoms with Gasteiger partial charge in [0.2, 0.25) is 0 Å². The van der Waals surface area contributed by atoms with E-state index in [4.69, 9.17) is 0 Å². The summed E-state index contributed by atoms with van der Waals surface area (Å²) in [6.45, 7) is 3.72. The van der Waals surface area contributed by atoms with Crippen molar-refractivity contribution in [2.75, 3.05) is 18.4 Å². The fourth-order valence-electron chi connectivity index (χ4n) is 4.39. The SMILES string of the molecule is CC(C)S(=O)(=O)c1ccc(Nc2nn(C3(CC#N)CCN(C(=O)O)CC3)c3cc[nH]c(=O)c23)cc1. The summed E-state index contributed by atoms with van der Waals surface area (Å²) in [6.07, 6.45) is 1.34. The summed E-state index contributed by atoms with van der Waals surface area (Å²) in [5.41, 5.74) is -0.0841. The average molecular weight is 499 g/mol. The van der Waals surface area contributed by atoms with Crippen molar-refractivity contribution >= 4 is 38.3 Å². The number of rotatable bonds is 6. The minimum Gasteiger partial charge on any atom is -0.465 e. The number of amides is 1. The van der Waals surface area contributed by atoms with Gasteiger partial charge in [-0.25, -0.2) is 13.2 Å². The molecule has 12 heteroatoms. The monoisotopic (exact) mass is 498 g/mol. The maximum Gasteiger partial charge on any atom is 0.407 e. The number of anilines is 2. The summed E-state index contributed by atoms with van der Waals surface area (Å²) in [7, 11) is -3.42. The van der Waals surface area contributed by atoms with Gasteiger partial charge in [0.05, 0.1) is 33.7 Å². The van der Waals surface area contributed by atoms with Gasteiger partial charge in [0.15, 0.2) is 15.7 Å². The third-order valence-electron chi connectivity index (χ3n) is 6.49. The molecule has 0 bridgehead atoms. The van der Waals surface area contributed by atoms with Crippen LogP contribution in [0.2, 0.25) is 0 Å². The van der Waals surface area contributed by atoms with Crippen molar-refractivity contribution < 1.29 is 18.3 Å². The second-order valence-corrected chi connectivity index (χ2v) is 11.4. The topological polar surface area (TPSA) is 161 Å². The summed E-state index contributed by atoms with van der Waals surface area (Å²) in [5, 5.41) is 26.4. The number of benzene rings is 1. The summed E-state index contributed by atoms with van der Waals surface area (Å²) in [6, 6.07) is 10.1. The Hall–Kier alpha value is -3.85. The van der Waals surface area contributed by atoms with Gasteiger partial charge in [-0.3, -0.25) is 9.48 Å². The minimum atomic E-state index is -3.42. The van der Waals surface area contributed by atoms with Crippen LogP contribution in [0.25, 0.3) is 10.9 Å². The lowest BCUT2D eigenvalue weighted by Gasteiger charge is -2.40. The maximum atomic E-state index is 12.8. The first-order valence-corrected chi connectivity index (χ1v) is 12.7. The summed E-state index contributed by atoms with van der Waals surface area (Å²) >= 11 is 0. The third-order valence-corrected chi connectivity index (χ3v) is 8.66. The molecule has 0 aliphatic carbocycles. The van der Waals surface area contributed by atoms with Crippen molar-refractivity contribution in [1.29, 1.82) is 5.26 Å². The zero-order chi connectivity index (χ0) is 25.4. The molecule has 4 rings (SSSR count). The van der Waals surface area contributed by atoms with Crippen LogP contribution in [0.5, 0.6) is 0 Å². The lowest BCUT2D eigenvalue weighted by Crippen LogP contribution is -2.48. The Labute approximate surface area is 201 Å². The Morgan fingerprint density at radius 1 is 1.26 bits per heavy atom. The van der Waals surface area contributed by atoms with E-state index < -0.39 is 26.7 Å². The van der Waals surface area contributed by atoms with Crippen molar-refractivity contribution in [2.24, 2.45) is 0 Å². The van der Waals surface area contributed by atoms with Crippen LogP contribution in [0.1, 0.15) is 33.1 Å². The number of pyridine rings is 1. The van der Waals surface area contributed by atoms with E-state index in [0.717, 1.165) is 0 Å². The molecule has 35 heavy (non-hydrogen) atoms. The molecule has 3 N–H and O–H groups in total. The Morgan fingerprint density at radius 3 is 2.49 bits per heavy atom. The lowest BCUT2D eigenvalue weighted by atomic mass is 9.85. The van der Waals surface area contributed by atoms with Gasteiger partial charge in [-0.15, -0.1) is 0 Å². The summed E-state index contributed by atoms with van der Waals surface area (Å²) in [4.78, 5) is 28.3. The van der Waals surface area contributed by atoms with Crippen molar-refractivity contribution in [1.82, 2.24) is 19.7 Å². The number of fused-ring (bicyclic) bond motifs is 1. The highest BCUT2D eigenvalue weighted by Gasteiger charge is 2.40. The zero-order valence-electron chi connectivity index (χ0n) is 19.4. The number of nitriles is 1. The van der Waals surface area contributed by atoms with Gasteiger partial charge in [0, 0.05) is 25.0 Å². The van der Waals surface area contributed by atoms with E-state index in [-0.39, 0.29) is 35.8 Å². The smallest absolute Gasteiger partial charge is 0.407 e. The van der Waals surface area contributed by atoms with Crippen molar-refractivity contribution in [3.05, 3.63) is 46.9 Å². The van der Waals surface area contributed by atoms with Crippen molar-refractivity contribution in [3.8, 4) is 6.07 Å². The largest absolute Gasteiger partial charge is 0.465 e. The number of piperidine rings is 1. The van der Waals surface area contributed by atoms with Crippen LogP contribution < -0.4 is 10.9 Å². The molecule has 1 aliphatic heterocycles. The first-order chi connectivity index (χ1) is 16.6. The van der Waals surface area contributed by atoms with E-state index in [2.05, 4.69) is 21.5 Å². The zero-order valence-corrected chi connectivity index (χ0v) is 20.2. The molecule has 1 fully saturated rings. The Bertz CT molecular complexity index is 1460. The van der Waals surface area contributed by atoms with Gasteiger partial charge < -0.3 is 20.3 Å². The molecule has 1 aliphatic rings. The van der Waals surface area contributed by atoms with E-state index in [9.17, 15) is 28.4 Å². The number of hydrogen-bond donors (Lipinski definition) is 3. The average Bonchev–Trinajstić information content (AvgIpc) is 3.20. The molecule has 1 saturated heterocycles. The van der Waals surface area contributed by atoms with Crippen LogP contribution >= 0.6 is 0 Å². The van der Waals surface area contributed by atoms with Crippen molar-refractivity contribution in [3.63, 3.8) is 0 Å². The number of carbonyl (C=O) groups is 1. The molecule has 2 aromatic heterocycles. The second kappa shape index (κ2) is 9.07. The predicted molar refractivity (Wildman–Crippen MR) is 129 cm³/mol. The summed E-state index contributed by atoms with van der Waals surface area (Å²) < 4.78 is 26.5. The minimum absolute atomic E-state index is 0.102. The number of aromatic nitrogens is 3. The van der Waals surface area contributed by atoms with Gasteiger partial charge in [-0.05, 0) is 57.0 Å². The van der Waals surface area contributed by atoms with Crippen molar-refractivity contribution in [2.45, 2.75) is 48.8 Å². The van der Waals surface area contributed by atoms with Crippen LogP contribution in [-0.4, -0.2) is 57.6 Å². The third kappa shape index (κ3) is 4.35. The van der Waals surface area contributed by atoms with Crippen LogP contribution in [0.4, 0.5) is 16.3 Å².